The highest BCUT2D eigenvalue weighted by atomic mass is 16.1. The van der Waals surface area contributed by atoms with E-state index in [2.05, 4.69) is 6.58 Å². The van der Waals surface area contributed by atoms with Crippen molar-refractivity contribution in [3.8, 4) is 0 Å². The Morgan fingerprint density at radius 2 is 1.77 bits per heavy atom. The molecule has 0 radical (unpaired) electrons. The van der Waals surface area contributed by atoms with E-state index in [1.54, 1.807) is 12.2 Å². The summed E-state index contributed by atoms with van der Waals surface area (Å²) in [5, 5.41) is 0. The minimum atomic E-state index is -0.138. The van der Waals surface area contributed by atoms with Gasteiger partial charge in [0.25, 0.3) is 0 Å². The minimum absolute atomic E-state index is 0.135. The van der Waals surface area contributed by atoms with E-state index in [-0.39, 0.29) is 11.7 Å². The predicted molar refractivity (Wildman–Crippen MR) is 52.5 cm³/mol. The highest BCUT2D eigenvalue weighted by Crippen LogP contribution is 2.29. The number of hydrogen-bond acceptors (Lipinski definition) is 1. The Bertz CT molecular complexity index is 355. The standard InChI is InChI=1S/C12H10O/c1-9-7-8-11(13)12(9)10-5-3-2-4-6-10/h2-8,12H,1H2. The lowest BCUT2D eigenvalue weighted by molar-refractivity contribution is -0.114. The maximum absolute atomic E-state index is 11.4. The van der Waals surface area contributed by atoms with E-state index in [0.29, 0.717) is 0 Å². The first-order valence-electron chi connectivity index (χ1n) is 4.25. The monoisotopic (exact) mass is 170 g/mol. The van der Waals surface area contributed by atoms with Crippen LogP contribution in [0.5, 0.6) is 0 Å². The second-order valence-electron chi connectivity index (χ2n) is 3.15. The van der Waals surface area contributed by atoms with Crippen molar-refractivity contribution in [2.75, 3.05) is 0 Å². The number of benzene rings is 1. The fraction of sp³-hybridized carbons (Fsp3) is 0.0833. The Morgan fingerprint density at radius 1 is 1.08 bits per heavy atom. The van der Waals surface area contributed by atoms with Crippen LogP contribution in [0.3, 0.4) is 0 Å². The lowest BCUT2D eigenvalue weighted by Gasteiger charge is -2.09. The third kappa shape index (κ3) is 1.33. The van der Waals surface area contributed by atoms with Crippen molar-refractivity contribution in [3.63, 3.8) is 0 Å². The highest BCUT2D eigenvalue weighted by Gasteiger charge is 2.24. The van der Waals surface area contributed by atoms with Gasteiger partial charge in [0.1, 0.15) is 0 Å². The van der Waals surface area contributed by atoms with Crippen LogP contribution in [0, 0.1) is 0 Å². The topological polar surface area (TPSA) is 17.1 Å². The molecule has 0 spiro atoms. The molecule has 0 saturated heterocycles. The normalized spacial score (nSPS) is 21.1. The summed E-state index contributed by atoms with van der Waals surface area (Å²) in [5.41, 5.74) is 1.92. The van der Waals surface area contributed by atoms with E-state index >= 15 is 0 Å². The molecule has 0 bridgehead atoms. The van der Waals surface area contributed by atoms with Gasteiger partial charge in [0.2, 0.25) is 0 Å². The van der Waals surface area contributed by atoms with Gasteiger partial charge in [-0.3, -0.25) is 4.79 Å². The maximum Gasteiger partial charge on any atom is 0.167 e. The molecule has 1 aromatic carbocycles. The number of carbonyl (C=O) groups is 1. The van der Waals surface area contributed by atoms with Crippen molar-refractivity contribution < 1.29 is 4.79 Å². The molecule has 1 heteroatoms. The third-order valence-electron chi connectivity index (χ3n) is 2.25. The first kappa shape index (κ1) is 7.99. The van der Waals surface area contributed by atoms with Crippen LogP contribution in [0.15, 0.2) is 54.6 Å². The SMILES string of the molecule is C=C1C=CC(=O)C1c1ccccc1. The lowest BCUT2D eigenvalue weighted by Crippen LogP contribution is -2.05. The summed E-state index contributed by atoms with van der Waals surface area (Å²) in [6.07, 6.45) is 3.39. The van der Waals surface area contributed by atoms with Crippen molar-refractivity contribution in [1.82, 2.24) is 0 Å². The average Bonchev–Trinajstić information content (AvgIpc) is 2.48. The minimum Gasteiger partial charge on any atom is -0.294 e. The maximum atomic E-state index is 11.4. The molecule has 2 rings (SSSR count). The van der Waals surface area contributed by atoms with Gasteiger partial charge in [-0.1, -0.05) is 43.0 Å². The molecule has 0 N–H and O–H groups in total. The molecule has 13 heavy (non-hydrogen) atoms. The summed E-state index contributed by atoms with van der Waals surface area (Å²) in [6.45, 7) is 3.85. The molecule has 0 amide bonds. The van der Waals surface area contributed by atoms with Gasteiger partial charge in [-0.05, 0) is 17.2 Å². The van der Waals surface area contributed by atoms with Gasteiger partial charge in [-0.2, -0.15) is 0 Å². The number of hydrogen-bond donors (Lipinski definition) is 0. The van der Waals surface area contributed by atoms with Gasteiger partial charge >= 0.3 is 0 Å². The molecule has 1 nitrogen and oxygen atoms in total. The Balaban J connectivity index is 2.38. The van der Waals surface area contributed by atoms with Crippen molar-refractivity contribution in [2.45, 2.75) is 5.92 Å². The molecule has 0 heterocycles. The van der Waals surface area contributed by atoms with E-state index in [9.17, 15) is 4.79 Å². The summed E-state index contributed by atoms with van der Waals surface area (Å²) in [5.74, 6) is -0.00241. The Kier molecular flexibility index (Phi) is 1.85. The van der Waals surface area contributed by atoms with Crippen LogP contribution in [0.25, 0.3) is 0 Å². The van der Waals surface area contributed by atoms with E-state index in [1.807, 2.05) is 30.3 Å². The molecule has 1 unspecified atom stereocenters. The molecule has 1 atom stereocenters. The molecule has 0 aromatic heterocycles. The van der Waals surface area contributed by atoms with E-state index in [4.69, 9.17) is 0 Å². The zero-order chi connectivity index (χ0) is 9.26. The van der Waals surface area contributed by atoms with Crippen LogP contribution >= 0.6 is 0 Å². The zero-order valence-electron chi connectivity index (χ0n) is 7.23. The van der Waals surface area contributed by atoms with Crippen molar-refractivity contribution in [3.05, 3.63) is 60.2 Å². The number of allylic oxidation sites excluding steroid dienone is 3. The molecule has 0 saturated carbocycles. The van der Waals surface area contributed by atoms with Crippen LogP contribution in [0.1, 0.15) is 11.5 Å². The third-order valence-corrected chi connectivity index (χ3v) is 2.25. The number of rotatable bonds is 1. The molecule has 0 aliphatic heterocycles. The van der Waals surface area contributed by atoms with Crippen LogP contribution in [-0.4, -0.2) is 5.78 Å². The van der Waals surface area contributed by atoms with Gasteiger partial charge in [0.15, 0.2) is 5.78 Å². The molecular weight excluding hydrogens is 160 g/mol. The Hall–Kier alpha value is -1.63. The Labute approximate surface area is 77.4 Å². The number of carbonyl (C=O) groups excluding carboxylic acids is 1. The fourth-order valence-electron chi connectivity index (χ4n) is 1.59. The number of ketones is 1. The first-order valence-corrected chi connectivity index (χ1v) is 4.25. The van der Waals surface area contributed by atoms with E-state index in [1.165, 1.54) is 0 Å². The fourth-order valence-corrected chi connectivity index (χ4v) is 1.59. The zero-order valence-corrected chi connectivity index (χ0v) is 7.23. The van der Waals surface area contributed by atoms with Gasteiger partial charge in [-0.15, -0.1) is 0 Å². The van der Waals surface area contributed by atoms with E-state index < -0.39 is 0 Å². The summed E-state index contributed by atoms with van der Waals surface area (Å²) in [7, 11) is 0. The molecule has 1 aliphatic carbocycles. The van der Waals surface area contributed by atoms with E-state index in [0.717, 1.165) is 11.1 Å². The summed E-state index contributed by atoms with van der Waals surface area (Å²) in [6, 6.07) is 9.74. The van der Waals surface area contributed by atoms with Crippen molar-refractivity contribution in [2.24, 2.45) is 0 Å². The molecule has 1 aliphatic rings. The van der Waals surface area contributed by atoms with Gasteiger partial charge in [0.05, 0.1) is 5.92 Å². The molecular formula is C12H10O. The van der Waals surface area contributed by atoms with Crippen LogP contribution < -0.4 is 0 Å². The second kappa shape index (κ2) is 3.02. The Morgan fingerprint density at radius 3 is 2.31 bits per heavy atom. The molecule has 64 valence electrons. The smallest absolute Gasteiger partial charge is 0.167 e. The van der Waals surface area contributed by atoms with Gasteiger partial charge in [0, 0.05) is 0 Å². The highest BCUT2D eigenvalue weighted by molar-refractivity contribution is 6.01. The van der Waals surface area contributed by atoms with Crippen LogP contribution in [-0.2, 0) is 4.79 Å². The molecule has 0 fully saturated rings. The quantitative estimate of drug-likeness (QED) is 0.632. The van der Waals surface area contributed by atoms with Crippen molar-refractivity contribution >= 4 is 5.78 Å². The summed E-state index contributed by atoms with van der Waals surface area (Å²) in [4.78, 5) is 11.4. The largest absolute Gasteiger partial charge is 0.294 e. The predicted octanol–water partition coefficient (Wildman–Crippen LogP) is 2.47. The van der Waals surface area contributed by atoms with Crippen LogP contribution in [0.4, 0.5) is 0 Å². The summed E-state index contributed by atoms with van der Waals surface area (Å²) >= 11 is 0. The van der Waals surface area contributed by atoms with Gasteiger partial charge < -0.3 is 0 Å². The molecule has 1 aromatic rings. The van der Waals surface area contributed by atoms with Gasteiger partial charge in [-0.25, -0.2) is 0 Å². The van der Waals surface area contributed by atoms with Crippen LogP contribution in [0.2, 0.25) is 0 Å². The average molecular weight is 170 g/mol. The second-order valence-corrected chi connectivity index (χ2v) is 3.15. The lowest BCUT2D eigenvalue weighted by atomic mass is 9.93. The van der Waals surface area contributed by atoms with Crippen molar-refractivity contribution in [1.29, 1.82) is 0 Å². The first-order chi connectivity index (χ1) is 6.29. The summed E-state index contributed by atoms with van der Waals surface area (Å²) < 4.78 is 0.